The zero-order valence-electron chi connectivity index (χ0n) is 16.8. The molecule has 0 aliphatic heterocycles. The summed E-state index contributed by atoms with van der Waals surface area (Å²) >= 11 is 0. The van der Waals surface area contributed by atoms with Crippen molar-refractivity contribution in [1.29, 1.82) is 0 Å². The Hall–Kier alpha value is -2.23. The van der Waals surface area contributed by atoms with Gasteiger partial charge in [0.05, 0.1) is 26.9 Å². The minimum Gasteiger partial charge on any atom is -0.493 e. The predicted octanol–water partition coefficient (Wildman–Crippen LogP) is 4.08. The molecule has 0 fully saturated rings. The van der Waals surface area contributed by atoms with Crippen LogP contribution in [0, 0.1) is 0 Å². The van der Waals surface area contributed by atoms with E-state index in [9.17, 15) is 0 Å². The summed E-state index contributed by atoms with van der Waals surface area (Å²) in [4.78, 5) is 8.91. The molecule has 2 N–H and O–H groups in total. The molecule has 28 heavy (non-hydrogen) atoms. The van der Waals surface area contributed by atoms with Gasteiger partial charge in [-0.2, -0.15) is 0 Å². The number of aliphatic imine (C=N–C) groups is 1. The highest BCUT2D eigenvalue weighted by Gasteiger charge is 2.08. The van der Waals surface area contributed by atoms with Crippen molar-refractivity contribution >= 4 is 35.6 Å². The summed E-state index contributed by atoms with van der Waals surface area (Å²) in [6.07, 6.45) is 1.72. The maximum atomic E-state index is 5.63. The second-order valence-electron chi connectivity index (χ2n) is 5.52. The number of ether oxygens (including phenoxy) is 3. The van der Waals surface area contributed by atoms with Gasteiger partial charge in [-0.25, -0.2) is 9.98 Å². The monoisotopic (exact) mass is 500 g/mol. The van der Waals surface area contributed by atoms with Crippen molar-refractivity contribution in [1.82, 2.24) is 10.3 Å². The Morgan fingerprint density at radius 1 is 1.07 bits per heavy atom. The minimum absolute atomic E-state index is 0. The maximum absolute atomic E-state index is 5.63. The van der Waals surface area contributed by atoms with Gasteiger partial charge in [0.1, 0.15) is 0 Å². The summed E-state index contributed by atoms with van der Waals surface area (Å²) in [6.45, 7) is 8.22. The lowest BCUT2D eigenvalue weighted by Crippen LogP contribution is -2.30. The molecule has 154 valence electrons. The van der Waals surface area contributed by atoms with Crippen molar-refractivity contribution in [3.8, 4) is 17.4 Å². The van der Waals surface area contributed by atoms with Gasteiger partial charge in [-0.05, 0) is 39.0 Å². The first kappa shape index (κ1) is 23.8. The first-order chi connectivity index (χ1) is 13.2. The number of anilines is 1. The molecule has 0 atom stereocenters. The molecule has 0 saturated carbocycles. The minimum atomic E-state index is 0. The average Bonchev–Trinajstić information content (AvgIpc) is 2.68. The Balaban J connectivity index is 0.00000392. The van der Waals surface area contributed by atoms with E-state index in [1.807, 2.05) is 51.1 Å². The van der Waals surface area contributed by atoms with E-state index in [4.69, 9.17) is 14.2 Å². The molecule has 0 amide bonds. The Kier molecular flexibility index (Phi) is 11.1. The summed E-state index contributed by atoms with van der Waals surface area (Å²) < 4.78 is 16.5. The first-order valence-corrected chi connectivity index (χ1v) is 9.14. The van der Waals surface area contributed by atoms with E-state index >= 15 is 0 Å². The smallest absolute Gasteiger partial charge is 0.218 e. The van der Waals surface area contributed by atoms with Gasteiger partial charge in [-0.15, -0.1) is 24.0 Å². The summed E-state index contributed by atoms with van der Waals surface area (Å²) in [5.74, 6) is 2.66. The molecular weight excluding hydrogens is 471 g/mol. The van der Waals surface area contributed by atoms with Gasteiger partial charge in [0.2, 0.25) is 5.88 Å². The van der Waals surface area contributed by atoms with Crippen LogP contribution in [0.1, 0.15) is 26.3 Å². The van der Waals surface area contributed by atoms with Crippen LogP contribution in [0.25, 0.3) is 0 Å². The fraction of sp³-hybridized carbons (Fsp3) is 0.400. The fourth-order valence-corrected chi connectivity index (χ4v) is 2.44. The van der Waals surface area contributed by atoms with E-state index in [-0.39, 0.29) is 24.0 Å². The Morgan fingerprint density at radius 2 is 1.86 bits per heavy atom. The van der Waals surface area contributed by atoms with Gasteiger partial charge in [0, 0.05) is 30.1 Å². The molecule has 0 radical (unpaired) electrons. The lowest BCUT2D eigenvalue weighted by Gasteiger charge is -2.15. The summed E-state index contributed by atoms with van der Waals surface area (Å²) in [7, 11) is 1.63. The van der Waals surface area contributed by atoms with Crippen LogP contribution in [0.2, 0.25) is 0 Å². The second-order valence-corrected chi connectivity index (χ2v) is 5.52. The lowest BCUT2D eigenvalue weighted by molar-refractivity contribution is 0.311. The molecule has 8 heteroatoms. The number of nitrogens with one attached hydrogen (secondary N) is 2. The van der Waals surface area contributed by atoms with E-state index in [0.29, 0.717) is 43.1 Å². The van der Waals surface area contributed by atoms with E-state index in [1.165, 1.54) is 0 Å². The zero-order chi connectivity index (χ0) is 19.5. The molecule has 0 unspecified atom stereocenters. The van der Waals surface area contributed by atoms with Crippen LogP contribution >= 0.6 is 24.0 Å². The Bertz CT molecular complexity index is 756. The molecule has 2 aromatic rings. The number of rotatable bonds is 9. The SMILES string of the molecule is CCNC(=NCc1cccnc1OCC)Nc1ccc(OC)c(OCC)c1.I. The lowest BCUT2D eigenvalue weighted by atomic mass is 10.2. The molecule has 1 aromatic carbocycles. The molecular formula is C20H29IN4O3. The highest BCUT2D eigenvalue weighted by molar-refractivity contribution is 14.0. The third kappa shape index (κ3) is 7.06. The van der Waals surface area contributed by atoms with Crippen LogP contribution in [-0.2, 0) is 6.54 Å². The van der Waals surface area contributed by atoms with Gasteiger partial charge >= 0.3 is 0 Å². The van der Waals surface area contributed by atoms with Crippen LogP contribution < -0.4 is 24.8 Å². The number of hydrogen-bond donors (Lipinski definition) is 2. The molecule has 0 saturated heterocycles. The van der Waals surface area contributed by atoms with Crippen molar-refractivity contribution in [2.45, 2.75) is 27.3 Å². The van der Waals surface area contributed by atoms with Crippen molar-refractivity contribution < 1.29 is 14.2 Å². The maximum Gasteiger partial charge on any atom is 0.218 e. The molecule has 0 bridgehead atoms. The van der Waals surface area contributed by atoms with Crippen molar-refractivity contribution in [2.24, 2.45) is 4.99 Å². The van der Waals surface area contributed by atoms with Gasteiger partial charge in [0.15, 0.2) is 17.5 Å². The van der Waals surface area contributed by atoms with Crippen LogP contribution in [0.3, 0.4) is 0 Å². The van der Waals surface area contributed by atoms with Crippen molar-refractivity contribution in [3.63, 3.8) is 0 Å². The molecule has 1 heterocycles. The molecule has 0 aliphatic carbocycles. The normalized spacial score (nSPS) is 10.6. The third-order valence-corrected chi connectivity index (χ3v) is 3.61. The molecule has 2 rings (SSSR count). The average molecular weight is 500 g/mol. The number of benzene rings is 1. The molecule has 1 aromatic heterocycles. The van der Waals surface area contributed by atoms with Crippen molar-refractivity contribution in [3.05, 3.63) is 42.1 Å². The number of hydrogen-bond acceptors (Lipinski definition) is 5. The summed E-state index contributed by atoms with van der Waals surface area (Å²) in [5, 5.41) is 6.53. The topological polar surface area (TPSA) is 77.0 Å². The quantitative estimate of drug-likeness (QED) is 0.307. The van der Waals surface area contributed by atoms with Gasteiger partial charge < -0.3 is 24.8 Å². The predicted molar refractivity (Wildman–Crippen MR) is 123 cm³/mol. The third-order valence-electron chi connectivity index (χ3n) is 3.61. The summed E-state index contributed by atoms with van der Waals surface area (Å²) in [5.41, 5.74) is 1.79. The summed E-state index contributed by atoms with van der Waals surface area (Å²) in [6, 6.07) is 9.52. The van der Waals surface area contributed by atoms with Gasteiger partial charge in [-0.1, -0.05) is 6.07 Å². The van der Waals surface area contributed by atoms with Crippen molar-refractivity contribution in [2.75, 3.05) is 32.2 Å². The van der Waals surface area contributed by atoms with Gasteiger partial charge in [-0.3, -0.25) is 0 Å². The van der Waals surface area contributed by atoms with Crippen LogP contribution in [-0.4, -0.2) is 37.8 Å². The van der Waals surface area contributed by atoms with Crippen LogP contribution in [0.5, 0.6) is 17.4 Å². The first-order valence-electron chi connectivity index (χ1n) is 9.14. The van der Waals surface area contributed by atoms with E-state index < -0.39 is 0 Å². The van der Waals surface area contributed by atoms with E-state index in [1.54, 1.807) is 13.3 Å². The second kappa shape index (κ2) is 13.0. The highest BCUT2D eigenvalue weighted by atomic mass is 127. The molecule has 0 aliphatic rings. The van der Waals surface area contributed by atoms with Gasteiger partial charge in [0.25, 0.3) is 0 Å². The Labute approximate surface area is 183 Å². The zero-order valence-corrected chi connectivity index (χ0v) is 19.2. The fourth-order valence-electron chi connectivity index (χ4n) is 2.44. The number of guanidine groups is 1. The number of halogens is 1. The largest absolute Gasteiger partial charge is 0.493 e. The highest BCUT2D eigenvalue weighted by Crippen LogP contribution is 2.30. The van der Waals surface area contributed by atoms with Crippen LogP contribution in [0.15, 0.2) is 41.5 Å². The number of aromatic nitrogens is 1. The number of methoxy groups -OCH3 is 1. The Morgan fingerprint density at radius 3 is 2.54 bits per heavy atom. The molecule has 7 nitrogen and oxygen atoms in total. The van der Waals surface area contributed by atoms with E-state index in [2.05, 4.69) is 20.6 Å². The number of pyridine rings is 1. The standard InChI is InChI=1S/C20H28N4O3.HI/c1-5-21-20(23-14-15-9-8-12-22-19(15)27-7-3)24-16-10-11-17(25-4)18(13-16)26-6-2;/h8-13H,5-7,14H2,1-4H3,(H2,21,23,24);1H. The number of nitrogens with zero attached hydrogens (tertiary/aromatic N) is 2. The van der Waals surface area contributed by atoms with E-state index in [0.717, 1.165) is 17.8 Å². The van der Waals surface area contributed by atoms with Crippen LogP contribution in [0.4, 0.5) is 5.69 Å². The molecule has 0 spiro atoms.